The molecule has 176 valence electrons. The van der Waals surface area contributed by atoms with Gasteiger partial charge >= 0.3 is 0 Å². The zero-order valence-corrected chi connectivity index (χ0v) is 18.3. The molecule has 8 nitrogen and oxygen atoms in total. The van der Waals surface area contributed by atoms with Crippen LogP contribution in [0.2, 0.25) is 0 Å². The number of carbonyl (C=O) groups is 1. The first-order chi connectivity index (χ1) is 15.3. The van der Waals surface area contributed by atoms with Crippen molar-refractivity contribution in [2.75, 3.05) is 20.3 Å². The van der Waals surface area contributed by atoms with E-state index < -0.39 is 6.10 Å². The van der Waals surface area contributed by atoms with Gasteiger partial charge in [0.15, 0.2) is 23.0 Å². The van der Waals surface area contributed by atoms with E-state index in [-0.39, 0.29) is 48.2 Å². The number of aryl methyl sites for hydroxylation is 2. The number of Topliss-reactive ketones (excluding diaryl/α,β-unsaturated/α-hetero) is 1. The lowest BCUT2D eigenvalue weighted by atomic mass is 9.99. The Balaban J connectivity index is 1.82. The van der Waals surface area contributed by atoms with Crippen molar-refractivity contribution in [1.29, 1.82) is 0 Å². The van der Waals surface area contributed by atoms with Gasteiger partial charge < -0.3 is 35.0 Å². The van der Waals surface area contributed by atoms with Crippen molar-refractivity contribution in [3.05, 3.63) is 41.5 Å². The normalized spacial score (nSPS) is 11.8. The number of carbonyl (C=O) groups excluding carboxylic acids is 1. The van der Waals surface area contributed by atoms with E-state index in [1.807, 2.05) is 0 Å². The van der Waals surface area contributed by atoms with Gasteiger partial charge in [0.25, 0.3) is 0 Å². The van der Waals surface area contributed by atoms with Crippen molar-refractivity contribution in [3.8, 4) is 28.7 Å². The molecule has 0 saturated carbocycles. The first-order valence-electron chi connectivity index (χ1n) is 10.7. The average Bonchev–Trinajstić information content (AvgIpc) is 2.77. The third kappa shape index (κ3) is 7.94. The van der Waals surface area contributed by atoms with Gasteiger partial charge in [-0.15, -0.1) is 0 Å². The van der Waals surface area contributed by atoms with Gasteiger partial charge in [0.2, 0.25) is 5.75 Å². The highest BCUT2D eigenvalue weighted by Crippen LogP contribution is 2.37. The summed E-state index contributed by atoms with van der Waals surface area (Å²) in [6.07, 6.45) is 1.82. The minimum atomic E-state index is -0.832. The molecule has 0 fully saturated rings. The third-order valence-corrected chi connectivity index (χ3v) is 5.09. The summed E-state index contributed by atoms with van der Waals surface area (Å²) in [5.74, 6) is -0.200. The molecule has 0 spiro atoms. The highest BCUT2D eigenvalue weighted by Gasteiger charge is 2.15. The number of unbranched alkanes of at least 4 members (excludes halogenated alkanes) is 1. The van der Waals surface area contributed by atoms with E-state index >= 15 is 0 Å². The van der Waals surface area contributed by atoms with Crippen LogP contribution in [-0.4, -0.2) is 57.7 Å². The van der Waals surface area contributed by atoms with Crippen LogP contribution in [-0.2, 0) is 17.6 Å². The standard InChI is InChI=1S/C24H32O8/c1-31-22-13-16(6-9-20(22)28)4-7-18(26)15-19(27)8-5-17-12-21(29)24(30)23(14-17)32-11-3-2-10-25/h6,9,12-14,19,25,27-30H,2-5,7-8,10-11,15H2,1H3. The fourth-order valence-corrected chi connectivity index (χ4v) is 3.26. The number of benzene rings is 2. The molecule has 0 aliphatic heterocycles. The maximum atomic E-state index is 12.2. The van der Waals surface area contributed by atoms with Gasteiger partial charge in [-0.25, -0.2) is 0 Å². The zero-order valence-electron chi connectivity index (χ0n) is 18.3. The van der Waals surface area contributed by atoms with Gasteiger partial charge in [-0.2, -0.15) is 0 Å². The quantitative estimate of drug-likeness (QED) is 0.220. The minimum absolute atomic E-state index is 0.0177. The summed E-state index contributed by atoms with van der Waals surface area (Å²) in [5.41, 5.74) is 1.52. The first-order valence-corrected chi connectivity index (χ1v) is 10.7. The molecule has 1 unspecified atom stereocenters. The SMILES string of the molecule is COc1cc(CCC(=O)CC(O)CCc2cc(O)c(O)c(OCCCCO)c2)ccc1O. The van der Waals surface area contributed by atoms with E-state index in [1.165, 1.54) is 19.2 Å². The van der Waals surface area contributed by atoms with Crippen LogP contribution in [0.15, 0.2) is 30.3 Å². The van der Waals surface area contributed by atoms with E-state index in [4.69, 9.17) is 14.6 Å². The largest absolute Gasteiger partial charge is 0.504 e. The zero-order chi connectivity index (χ0) is 23.5. The van der Waals surface area contributed by atoms with Gasteiger partial charge in [-0.1, -0.05) is 6.07 Å². The molecule has 2 aromatic carbocycles. The Hall–Kier alpha value is -2.97. The smallest absolute Gasteiger partial charge is 0.200 e. The van der Waals surface area contributed by atoms with Crippen molar-refractivity contribution >= 4 is 5.78 Å². The lowest BCUT2D eigenvalue weighted by Gasteiger charge is -2.13. The molecule has 0 radical (unpaired) electrons. The van der Waals surface area contributed by atoms with E-state index in [0.29, 0.717) is 50.0 Å². The van der Waals surface area contributed by atoms with Crippen molar-refractivity contribution in [1.82, 2.24) is 0 Å². The van der Waals surface area contributed by atoms with Gasteiger partial charge in [0.1, 0.15) is 5.78 Å². The van der Waals surface area contributed by atoms with Crippen LogP contribution in [0.1, 0.15) is 43.2 Å². The van der Waals surface area contributed by atoms with Crippen molar-refractivity contribution < 1.29 is 39.8 Å². The molecular formula is C24H32O8. The molecule has 8 heteroatoms. The number of aliphatic hydroxyl groups is 2. The molecule has 0 heterocycles. The second-order valence-electron chi connectivity index (χ2n) is 7.68. The third-order valence-electron chi connectivity index (χ3n) is 5.09. The van der Waals surface area contributed by atoms with Crippen molar-refractivity contribution in [2.45, 2.75) is 51.0 Å². The fourth-order valence-electron chi connectivity index (χ4n) is 3.26. The maximum absolute atomic E-state index is 12.2. The van der Waals surface area contributed by atoms with E-state index in [0.717, 1.165) is 5.56 Å². The van der Waals surface area contributed by atoms with Gasteiger partial charge in [0, 0.05) is 19.4 Å². The van der Waals surface area contributed by atoms with E-state index in [2.05, 4.69) is 0 Å². The molecular weight excluding hydrogens is 416 g/mol. The summed E-state index contributed by atoms with van der Waals surface area (Å²) in [5, 5.41) is 48.5. The van der Waals surface area contributed by atoms with Gasteiger partial charge in [0.05, 0.1) is 19.8 Å². The summed E-state index contributed by atoms with van der Waals surface area (Å²) >= 11 is 0. The lowest BCUT2D eigenvalue weighted by molar-refractivity contribution is -0.121. The number of hydrogen-bond donors (Lipinski definition) is 5. The maximum Gasteiger partial charge on any atom is 0.200 e. The van der Waals surface area contributed by atoms with Crippen LogP contribution in [0.5, 0.6) is 28.7 Å². The number of phenols is 3. The molecule has 0 bridgehead atoms. The summed E-state index contributed by atoms with van der Waals surface area (Å²) in [4.78, 5) is 12.2. The van der Waals surface area contributed by atoms with Crippen LogP contribution >= 0.6 is 0 Å². The Kier molecular flexibility index (Phi) is 10.1. The molecule has 2 aromatic rings. The predicted octanol–water partition coefficient (Wildman–Crippen LogP) is 2.85. The highest BCUT2D eigenvalue weighted by molar-refractivity contribution is 5.79. The molecule has 5 N–H and O–H groups in total. The van der Waals surface area contributed by atoms with E-state index in [9.17, 15) is 25.2 Å². The first kappa shape index (κ1) is 25.3. The Labute approximate surface area is 187 Å². The Morgan fingerprint density at radius 2 is 1.72 bits per heavy atom. The summed E-state index contributed by atoms with van der Waals surface area (Å²) < 4.78 is 10.5. The van der Waals surface area contributed by atoms with Crippen LogP contribution in [0, 0.1) is 0 Å². The summed E-state index contributed by atoms with van der Waals surface area (Å²) in [7, 11) is 1.46. The average molecular weight is 449 g/mol. The number of aromatic hydroxyl groups is 3. The highest BCUT2D eigenvalue weighted by atomic mass is 16.5. The Bertz CT molecular complexity index is 881. The predicted molar refractivity (Wildman–Crippen MR) is 119 cm³/mol. The topological polar surface area (TPSA) is 137 Å². The lowest BCUT2D eigenvalue weighted by Crippen LogP contribution is -2.15. The second-order valence-corrected chi connectivity index (χ2v) is 7.68. The minimum Gasteiger partial charge on any atom is -0.504 e. The molecule has 0 aliphatic carbocycles. The van der Waals surface area contributed by atoms with Crippen LogP contribution in [0.25, 0.3) is 0 Å². The van der Waals surface area contributed by atoms with Crippen molar-refractivity contribution in [3.63, 3.8) is 0 Å². The van der Waals surface area contributed by atoms with Crippen molar-refractivity contribution in [2.24, 2.45) is 0 Å². The van der Waals surface area contributed by atoms with Gasteiger partial charge in [-0.3, -0.25) is 4.79 Å². The summed E-state index contributed by atoms with van der Waals surface area (Å²) in [6.45, 7) is 0.349. The van der Waals surface area contributed by atoms with Crippen LogP contribution in [0.4, 0.5) is 0 Å². The van der Waals surface area contributed by atoms with E-state index in [1.54, 1.807) is 18.2 Å². The van der Waals surface area contributed by atoms with Crippen LogP contribution < -0.4 is 9.47 Å². The molecule has 2 rings (SSSR count). The van der Waals surface area contributed by atoms with Crippen LogP contribution in [0.3, 0.4) is 0 Å². The molecule has 1 atom stereocenters. The molecule has 0 amide bonds. The Morgan fingerprint density at radius 1 is 0.969 bits per heavy atom. The second kappa shape index (κ2) is 12.8. The fraction of sp³-hybridized carbons (Fsp3) is 0.458. The van der Waals surface area contributed by atoms with Gasteiger partial charge in [-0.05, 0) is 67.5 Å². The number of aliphatic hydroxyl groups excluding tert-OH is 2. The monoisotopic (exact) mass is 448 g/mol. The number of ketones is 1. The number of ether oxygens (including phenoxy) is 2. The number of rotatable bonds is 14. The molecule has 32 heavy (non-hydrogen) atoms. The molecule has 0 aromatic heterocycles. The Morgan fingerprint density at radius 3 is 2.44 bits per heavy atom. The molecule has 0 aliphatic rings. The number of methoxy groups -OCH3 is 1. The summed E-state index contributed by atoms with van der Waals surface area (Å²) in [6, 6.07) is 7.93. The number of hydrogen-bond acceptors (Lipinski definition) is 8. The molecule has 0 saturated heterocycles. The number of phenolic OH excluding ortho intramolecular Hbond substituents is 3.